The zero-order valence-electron chi connectivity index (χ0n) is 14.5. The number of esters is 1. The molecule has 3 N–H and O–H groups in total. The lowest BCUT2D eigenvalue weighted by Crippen LogP contribution is -2.30. The van der Waals surface area contributed by atoms with Crippen molar-refractivity contribution in [3.8, 4) is 0 Å². The standard InChI is InChI=1S/C20H22N2O3/c1-12-5-3-8-17(18(12)21)20(24)25-13(2)19(23)22-16-10-9-14-6-4-7-15(14)11-16/h3,5,8-11,13H,4,6-7,21H2,1-2H3,(H,22,23). The van der Waals surface area contributed by atoms with Gasteiger partial charge in [-0.25, -0.2) is 4.79 Å². The van der Waals surface area contributed by atoms with E-state index in [0.29, 0.717) is 5.69 Å². The Morgan fingerprint density at radius 3 is 2.72 bits per heavy atom. The van der Waals surface area contributed by atoms with E-state index in [-0.39, 0.29) is 11.5 Å². The van der Waals surface area contributed by atoms with Crippen LogP contribution in [-0.2, 0) is 22.4 Å². The third-order valence-electron chi connectivity index (χ3n) is 4.56. The van der Waals surface area contributed by atoms with Crippen LogP contribution in [0.15, 0.2) is 36.4 Å². The minimum absolute atomic E-state index is 0.275. The molecule has 1 aliphatic carbocycles. The fourth-order valence-electron chi connectivity index (χ4n) is 3.03. The third-order valence-corrected chi connectivity index (χ3v) is 4.56. The Hall–Kier alpha value is -2.82. The lowest BCUT2D eigenvalue weighted by Gasteiger charge is -2.15. The molecule has 0 saturated heterocycles. The molecular formula is C20H22N2O3. The van der Waals surface area contributed by atoms with Gasteiger partial charge in [-0.15, -0.1) is 0 Å². The lowest BCUT2D eigenvalue weighted by atomic mass is 10.1. The normalized spacial score (nSPS) is 13.8. The maximum absolute atomic E-state index is 12.3. The molecule has 0 aromatic heterocycles. The van der Waals surface area contributed by atoms with E-state index < -0.39 is 12.1 Å². The van der Waals surface area contributed by atoms with E-state index in [0.717, 1.165) is 30.5 Å². The molecule has 0 saturated carbocycles. The van der Waals surface area contributed by atoms with Crippen LogP contribution in [0.4, 0.5) is 11.4 Å². The van der Waals surface area contributed by atoms with Gasteiger partial charge in [0.1, 0.15) is 0 Å². The van der Waals surface area contributed by atoms with Crippen molar-refractivity contribution in [2.24, 2.45) is 0 Å². The van der Waals surface area contributed by atoms with Crippen molar-refractivity contribution >= 4 is 23.3 Å². The fourth-order valence-corrected chi connectivity index (χ4v) is 3.03. The van der Waals surface area contributed by atoms with Gasteiger partial charge in [-0.05, 0) is 68.0 Å². The van der Waals surface area contributed by atoms with Gasteiger partial charge in [0.15, 0.2) is 6.10 Å². The summed E-state index contributed by atoms with van der Waals surface area (Å²) >= 11 is 0. The lowest BCUT2D eigenvalue weighted by molar-refractivity contribution is -0.123. The van der Waals surface area contributed by atoms with E-state index in [4.69, 9.17) is 10.5 Å². The zero-order chi connectivity index (χ0) is 18.0. The number of hydrogen-bond donors (Lipinski definition) is 2. The number of nitrogens with one attached hydrogen (secondary N) is 1. The number of carbonyl (C=O) groups excluding carboxylic acids is 2. The molecule has 1 amide bonds. The monoisotopic (exact) mass is 338 g/mol. The molecule has 2 aromatic carbocycles. The van der Waals surface area contributed by atoms with Crippen LogP contribution in [0.5, 0.6) is 0 Å². The maximum atomic E-state index is 12.3. The van der Waals surface area contributed by atoms with E-state index >= 15 is 0 Å². The van der Waals surface area contributed by atoms with Gasteiger partial charge in [0.25, 0.3) is 5.91 Å². The van der Waals surface area contributed by atoms with Crippen molar-refractivity contribution in [2.75, 3.05) is 11.1 Å². The molecule has 0 aliphatic heterocycles. The van der Waals surface area contributed by atoms with Gasteiger partial charge in [0.05, 0.1) is 5.56 Å². The Kier molecular flexibility index (Phi) is 4.74. The van der Waals surface area contributed by atoms with E-state index in [1.165, 1.54) is 11.1 Å². The van der Waals surface area contributed by atoms with E-state index in [2.05, 4.69) is 5.32 Å². The summed E-state index contributed by atoms with van der Waals surface area (Å²) in [7, 11) is 0. The molecule has 2 aromatic rings. The molecule has 0 bridgehead atoms. The largest absolute Gasteiger partial charge is 0.449 e. The summed E-state index contributed by atoms with van der Waals surface area (Å²) in [6.07, 6.45) is 2.37. The quantitative estimate of drug-likeness (QED) is 0.662. The second kappa shape index (κ2) is 6.97. The molecule has 25 heavy (non-hydrogen) atoms. The number of aryl methyl sites for hydroxylation is 3. The van der Waals surface area contributed by atoms with Crippen LogP contribution in [0.2, 0.25) is 0 Å². The minimum atomic E-state index is -0.916. The molecule has 5 heteroatoms. The first-order valence-electron chi connectivity index (χ1n) is 8.44. The number of carbonyl (C=O) groups is 2. The predicted molar refractivity (Wildman–Crippen MR) is 97.6 cm³/mol. The SMILES string of the molecule is Cc1cccc(C(=O)OC(C)C(=O)Nc2ccc3c(c2)CCC3)c1N. The van der Waals surface area contributed by atoms with E-state index in [1.807, 2.05) is 31.2 Å². The molecule has 0 fully saturated rings. The highest BCUT2D eigenvalue weighted by atomic mass is 16.5. The molecule has 5 nitrogen and oxygen atoms in total. The van der Waals surface area contributed by atoms with E-state index in [1.54, 1.807) is 19.1 Å². The van der Waals surface area contributed by atoms with Crippen LogP contribution in [0, 0.1) is 6.92 Å². The summed E-state index contributed by atoms with van der Waals surface area (Å²) in [5.74, 6) is -0.963. The first-order valence-corrected chi connectivity index (χ1v) is 8.44. The number of ether oxygens (including phenoxy) is 1. The summed E-state index contributed by atoms with van der Waals surface area (Å²) < 4.78 is 5.27. The van der Waals surface area contributed by atoms with Crippen LogP contribution >= 0.6 is 0 Å². The maximum Gasteiger partial charge on any atom is 0.341 e. The fraction of sp³-hybridized carbons (Fsp3) is 0.300. The van der Waals surface area contributed by atoms with Crippen molar-refractivity contribution in [3.05, 3.63) is 58.7 Å². The van der Waals surface area contributed by atoms with E-state index in [9.17, 15) is 9.59 Å². The zero-order valence-corrected chi connectivity index (χ0v) is 14.5. The van der Waals surface area contributed by atoms with Gasteiger partial charge >= 0.3 is 5.97 Å². The second-order valence-corrected chi connectivity index (χ2v) is 6.41. The van der Waals surface area contributed by atoms with Gasteiger partial charge in [-0.1, -0.05) is 18.2 Å². The Morgan fingerprint density at radius 1 is 1.16 bits per heavy atom. The number of nitrogen functional groups attached to an aromatic ring is 1. The first kappa shape index (κ1) is 17.0. The molecule has 1 aliphatic rings. The topological polar surface area (TPSA) is 81.4 Å². The van der Waals surface area contributed by atoms with Crippen LogP contribution in [0.25, 0.3) is 0 Å². The Labute approximate surface area is 147 Å². The van der Waals surface area contributed by atoms with Gasteiger partial charge in [-0.2, -0.15) is 0 Å². The number of para-hydroxylation sites is 1. The Bertz CT molecular complexity index is 830. The minimum Gasteiger partial charge on any atom is -0.449 e. The van der Waals surface area contributed by atoms with Gasteiger partial charge < -0.3 is 15.8 Å². The molecular weight excluding hydrogens is 316 g/mol. The first-order chi connectivity index (χ1) is 12.0. The summed E-state index contributed by atoms with van der Waals surface area (Å²) in [4.78, 5) is 24.6. The number of amides is 1. The molecule has 1 unspecified atom stereocenters. The highest BCUT2D eigenvalue weighted by Crippen LogP contribution is 2.25. The number of nitrogens with two attached hydrogens (primary N) is 1. The molecule has 0 heterocycles. The molecule has 3 rings (SSSR count). The van der Waals surface area contributed by atoms with Crippen molar-refractivity contribution in [2.45, 2.75) is 39.2 Å². The summed E-state index contributed by atoms with van der Waals surface area (Å²) in [6, 6.07) is 11.1. The van der Waals surface area contributed by atoms with Crippen LogP contribution in [0.1, 0.15) is 40.4 Å². The summed E-state index contributed by atoms with van der Waals surface area (Å²) in [5, 5.41) is 2.81. The van der Waals surface area contributed by atoms with Crippen LogP contribution in [0.3, 0.4) is 0 Å². The van der Waals surface area contributed by atoms with Crippen molar-refractivity contribution in [1.29, 1.82) is 0 Å². The van der Waals surface area contributed by atoms with Crippen LogP contribution in [-0.4, -0.2) is 18.0 Å². The Balaban J connectivity index is 1.64. The van der Waals surface area contributed by atoms with Crippen LogP contribution < -0.4 is 11.1 Å². The van der Waals surface area contributed by atoms with Crippen molar-refractivity contribution < 1.29 is 14.3 Å². The van der Waals surface area contributed by atoms with Gasteiger partial charge in [0.2, 0.25) is 0 Å². The van der Waals surface area contributed by atoms with Gasteiger partial charge in [-0.3, -0.25) is 4.79 Å². The molecule has 130 valence electrons. The molecule has 0 radical (unpaired) electrons. The van der Waals surface area contributed by atoms with Crippen molar-refractivity contribution in [3.63, 3.8) is 0 Å². The number of anilines is 2. The summed E-state index contributed by atoms with van der Waals surface area (Å²) in [5.41, 5.74) is 10.7. The predicted octanol–water partition coefficient (Wildman–Crippen LogP) is 3.25. The number of fused-ring (bicyclic) bond motifs is 1. The number of hydrogen-bond acceptors (Lipinski definition) is 4. The molecule has 0 spiro atoms. The third kappa shape index (κ3) is 3.65. The second-order valence-electron chi connectivity index (χ2n) is 6.41. The smallest absolute Gasteiger partial charge is 0.341 e. The average molecular weight is 338 g/mol. The highest BCUT2D eigenvalue weighted by Gasteiger charge is 2.21. The van der Waals surface area contributed by atoms with Crippen molar-refractivity contribution in [1.82, 2.24) is 0 Å². The Morgan fingerprint density at radius 2 is 1.92 bits per heavy atom. The van der Waals surface area contributed by atoms with Gasteiger partial charge in [0, 0.05) is 11.4 Å². The summed E-state index contributed by atoms with van der Waals surface area (Å²) in [6.45, 7) is 3.36. The highest BCUT2D eigenvalue weighted by molar-refractivity contribution is 5.99. The molecule has 1 atom stereocenters. The number of benzene rings is 2. The average Bonchev–Trinajstić information content (AvgIpc) is 3.04. The number of rotatable bonds is 4.